The third kappa shape index (κ3) is 2.60. The molecular formula is C10H16N6S. The zero-order chi connectivity index (χ0) is 12.3. The van der Waals surface area contributed by atoms with Gasteiger partial charge in [0, 0.05) is 26.4 Å². The molecule has 0 aliphatic heterocycles. The fraction of sp³-hybridized carbons (Fsp3) is 0.600. The van der Waals surface area contributed by atoms with Crippen molar-refractivity contribution >= 4 is 12.2 Å². The highest BCUT2D eigenvalue weighted by atomic mass is 32.1. The first-order chi connectivity index (χ1) is 8.22. The number of nitrogens with zero attached hydrogens (tertiary/aromatic N) is 5. The number of aryl methyl sites for hydroxylation is 3. The molecule has 0 atom stereocenters. The van der Waals surface area contributed by atoms with Crippen LogP contribution in [0.2, 0.25) is 0 Å². The second-order valence-electron chi connectivity index (χ2n) is 3.95. The van der Waals surface area contributed by atoms with Crippen molar-refractivity contribution in [3.63, 3.8) is 0 Å². The van der Waals surface area contributed by atoms with Gasteiger partial charge >= 0.3 is 0 Å². The zero-order valence-corrected chi connectivity index (χ0v) is 10.9. The molecule has 0 bridgehead atoms. The minimum atomic E-state index is 0.676. The average molecular weight is 252 g/mol. The van der Waals surface area contributed by atoms with Gasteiger partial charge in [-0.3, -0.25) is 5.10 Å². The third-order valence-electron chi connectivity index (χ3n) is 2.68. The minimum absolute atomic E-state index is 0.676. The monoisotopic (exact) mass is 252 g/mol. The van der Waals surface area contributed by atoms with Gasteiger partial charge in [0.25, 0.3) is 0 Å². The van der Waals surface area contributed by atoms with Crippen molar-refractivity contribution < 1.29 is 0 Å². The van der Waals surface area contributed by atoms with E-state index < -0.39 is 0 Å². The number of aromatic nitrogens is 6. The van der Waals surface area contributed by atoms with Crippen molar-refractivity contribution in [1.82, 2.24) is 29.5 Å². The van der Waals surface area contributed by atoms with Gasteiger partial charge in [-0.2, -0.15) is 5.10 Å². The lowest BCUT2D eigenvalue weighted by atomic mass is 10.3. The molecule has 0 aliphatic rings. The van der Waals surface area contributed by atoms with Crippen molar-refractivity contribution in [3.8, 4) is 0 Å². The summed E-state index contributed by atoms with van der Waals surface area (Å²) in [5.74, 6) is 1.97. The lowest BCUT2D eigenvalue weighted by Gasteiger charge is -2.05. The smallest absolute Gasteiger partial charge is 0.195 e. The summed E-state index contributed by atoms with van der Waals surface area (Å²) in [7, 11) is 1.94. The van der Waals surface area contributed by atoms with Crippen LogP contribution < -0.4 is 0 Å². The Balaban J connectivity index is 2.11. The minimum Gasteiger partial charge on any atom is -0.321 e. The number of aromatic amines is 1. The van der Waals surface area contributed by atoms with Gasteiger partial charge in [-0.25, -0.2) is 0 Å². The normalized spacial score (nSPS) is 10.9. The summed E-state index contributed by atoms with van der Waals surface area (Å²) in [5, 5.41) is 15.0. The van der Waals surface area contributed by atoms with Crippen molar-refractivity contribution in [1.29, 1.82) is 0 Å². The van der Waals surface area contributed by atoms with Gasteiger partial charge in [-0.1, -0.05) is 6.92 Å². The van der Waals surface area contributed by atoms with Crippen LogP contribution in [0.5, 0.6) is 0 Å². The van der Waals surface area contributed by atoms with E-state index in [0.717, 1.165) is 37.5 Å². The van der Waals surface area contributed by atoms with Gasteiger partial charge < -0.3 is 9.13 Å². The molecule has 0 spiro atoms. The molecule has 0 aliphatic carbocycles. The van der Waals surface area contributed by atoms with E-state index in [2.05, 4.69) is 27.3 Å². The first-order valence-electron chi connectivity index (χ1n) is 5.69. The molecule has 0 amide bonds. The molecule has 0 radical (unpaired) electrons. The molecule has 2 heterocycles. The molecule has 7 heteroatoms. The van der Waals surface area contributed by atoms with Crippen molar-refractivity contribution in [2.75, 3.05) is 0 Å². The maximum Gasteiger partial charge on any atom is 0.195 e. The van der Waals surface area contributed by atoms with Crippen LogP contribution in [0.15, 0.2) is 6.33 Å². The number of rotatable bonds is 5. The summed E-state index contributed by atoms with van der Waals surface area (Å²) in [6.07, 6.45) is 4.51. The van der Waals surface area contributed by atoms with E-state index in [0.29, 0.717) is 4.77 Å². The van der Waals surface area contributed by atoms with Crippen LogP contribution in [0, 0.1) is 4.77 Å². The van der Waals surface area contributed by atoms with Crippen LogP contribution >= 0.6 is 12.2 Å². The lowest BCUT2D eigenvalue weighted by Crippen LogP contribution is -2.09. The molecule has 0 aromatic carbocycles. The van der Waals surface area contributed by atoms with Gasteiger partial charge in [-0.15, -0.1) is 10.2 Å². The Hall–Kier alpha value is -1.50. The molecule has 0 saturated heterocycles. The molecule has 6 nitrogen and oxygen atoms in total. The summed E-state index contributed by atoms with van der Waals surface area (Å²) >= 11 is 5.22. The Morgan fingerprint density at radius 2 is 2.18 bits per heavy atom. The summed E-state index contributed by atoms with van der Waals surface area (Å²) < 4.78 is 4.63. The van der Waals surface area contributed by atoms with E-state index in [1.54, 1.807) is 6.33 Å². The van der Waals surface area contributed by atoms with Gasteiger partial charge in [0.15, 0.2) is 4.77 Å². The fourth-order valence-electron chi connectivity index (χ4n) is 1.74. The van der Waals surface area contributed by atoms with Crippen molar-refractivity contribution in [2.45, 2.75) is 32.7 Å². The SMILES string of the molecule is CCCc1n[nH]c(=S)n1CCc1nncn1C. The Morgan fingerprint density at radius 1 is 1.35 bits per heavy atom. The Bertz CT molecular complexity index is 537. The zero-order valence-electron chi connectivity index (χ0n) is 10.1. The maximum atomic E-state index is 5.22. The maximum absolute atomic E-state index is 5.22. The predicted molar refractivity (Wildman–Crippen MR) is 66.1 cm³/mol. The van der Waals surface area contributed by atoms with Crippen molar-refractivity contribution in [3.05, 3.63) is 22.7 Å². The topological polar surface area (TPSA) is 64.3 Å². The number of nitrogens with one attached hydrogen (secondary N) is 1. The molecule has 17 heavy (non-hydrogen) atoms. The summed E-state index contributed by atoms with van der Waals surface area (Å²) in [4.78, 5) is 0. The van der Waals surface area contributed by atoms with Crippen LogP contribution in [0.25, 0.3) is 0 Å². The van der Waals surface area contributed by atoms with Crippen LogP contribution in [-0.4, -0.2) is 29.5 Å². The van der Waals surface area contributed by atoms with Crippen molar-refractivity contribution in [2.24, 2.45) is 7.05 Å². The largest absolute Gasteiger partial charge is 0.321 e. The van der Waals surface area contributed by atoms with E-state index in [4.69, 9.17) is 12.2 Å². The average Bonchev–Trinajstić information content (AvgIpc) is 2.85. The van der Waals surface area contributed by atoms with E-state index in [9.17, 15) is 0 Å². The Kier molecular flexibility index (Phi) is 3.68. The number of hydrogen-bond acceptors (Lipinski definition) is 4. The van der Waals surface area contributed by atoms with Crippen LogP contribution in [-0.2, 0) is 26.4 Å². The second kappa shape index (κ2) is 5.22. The third-order valence-corrected chi connectivity index (χ3v) is 2.99. The molecule has 0 fully saturated rings. The van der Waals surface area contributed by atoms with Crippen LogP contribution in [0.3, 0.4) is 0 Å². The van der Waals surface area contributed by atoms with E-state index in [1.165, 1.54) is 0 Å². The highest BCUT2D eigenvalue weighted by Crippen LogP contribution is 2.04. The van der Waals surface area contributed by atoms with E-state index >= 15 is 0 Å². The molecule has 2 aromatic heterocycles. The molecule has 92 valence electrons. The molecule has 2 aromatic rings. The van der Waals surface area contributed by atoms with E-state index in [-0.39, 0.29) is 0 Å². The lowest BCUT2D eigenvalue weighted by molar-refractivity contribution is 0.608. The van der Waals surface area contributed by atoms with Gasteiger partial charge in [0.05, 0.1) is 0 Å². The van der Waals surface area contributed by atoms with Crippen LogP contribution in [0.4, 0.5) is 0 Å². The summed E-state index contributed by atoms with van der Waals surface area (Å²) in [6.45, 7) is 2.92. The quantitative estimate of drug-likeness (QED) is 0.814. The second-order valence-corrected chi connectivity index (χ2v) is 4.34. The molecule has 1 N–H and O–H groups in total. The first-order valence-corrected chi connectivity index (χ1v) is 6.10. The van der Waals surface area contributed by atoms with Gasteiger partial charge in [-0.05, 0) is 18.6 Å². The molecule has 2 rings (SSSR count). The summed E-state index contributed by atoms with van der Waals surface area (Å²) in [6, 6.07) is 0. The summed E-state index contributed by atoms with van der Waals surface area (Å²) in [5.41, 5.74) is 0. The van der Waals surface area contributed by atoms with E-state index in [1.807, 2.05) is 16.2 Å². The number of hydrogen-bond donors (Lipinski definition) is 1. The highest BCUT2D eigenvalue weighted by molar-refractivity contribution is 7.71. The van der Waals surface area contributed by atoms with Gasteiger partial charge in [0.2, 0.25) is 0 Å². The molecule has 0 unspecified atom stereocenters. The van der Waals surface area contributed by atoms with Gasteiger partial charge in [0.1, 0.15) is 18.0 Å². The molecule has 0 saturated carbocycles. The predicted octanol–water partition coefficient (Wildman–Crippen LogP) is 1.26. The molecular weight excluding hydrogens is 236 g/mol. The Morgan fingerprint density at radius 3 is 2.82 bits per heavy atom. The standard InChI is InChI=1S/C10H16N6S/c1-3-4-9-13-14-10(17)16(9)6-5-8-12-11-7-15(8)2/h7H,3-6H2,1-2H3,(H,14,17). The Labute approximate surface area is 105 Å². The highest BCUT2D eigenvalue weighted by Gasteiger charge is 2.07. The number of H-pyrrole nitrogens is 1. The fourth-order valence-corrected chi connectivity index (χ4v) is 1.98. The van der Waals surface area contributed by atoms with Crippen LogP contribution in [0.1, 0.15) is 25.0 Å². The first kappa shape index (κ1) is 12.0.